The Kier molecular flexibility index (Phi) is 6.99. The van der Waals surface area contributed by atoms with Crippen LogP contribution in [0.1, 0.15) is 11.1 Å². The molecule has 0 aliphatic carbocycles. The van der Waals surface area contributed by atoms with Crippen molar-refractivity contribution in [3.63, 3.8) is 0 Å². The van der Waals surface area contributed by atoms with Crippen molar-refractivity contribution in [1.29, 1.82) is 0 Å². The molecule has 0 aromatic heterocycles. The fraction of sp³-hybridized carbons (Fsp3) is 0.333. The van der Waals surface area contributed by atoms with Gasteiger partial charge >= 0.3 is 0 Å². The molecule has 0 bridgehead atoms. The molecule has 27 heavy (non-hydrogen) atoms. The molecule has 2 aromatic rings. The highest BCUT2D eigenvalue weighted by atomic mass is 32.2. The van der Waals surface area contributed by atoms with Gasteiger partial charge in [-0.25, -0.2) is 25.9 Å². The van der Waals surface area contributed by atoms with E-state index in [-0.39, 0.29) is 23.8 Å². The number of aryl methyl sites for hydroxylation is 1. The fourth-order valence-electron chi connectivity index (χ4n) is 2.31. The maximum absolute atomic E-state index is 12.1. The van der Waals surface area contributed by atoms with E-state index >= 15 is 0 Å². The first kappa shape index (κ1) is 21.4. The Hall–Kier alpha value is -1.94. The number of sulfonamides is 2. The number of ether oxygens (including phenoxy) is 1. The van der Waals surface area contributed by atoms with E-state index in [1.165, 1.54) is 38.4 Å². The Morgan fingerprint density at radius 2 is 1.59 bits per heavy atom. The van der Waals surface area contributed by atoms with Crippen molar-refractivity contribution in [2.45, 2.75) is 17.6 Å². The molecule has 0 spiro atoms. The molecule has 0 unspecified atom stereocenters. The molecular formula is C18H24N2O5S2. The molecule has 0 heterocycles. The normalized spacial score (nSPS) is 12.3. The highest BCUT2D eigenvalue weighted by molar-refractivity contribution is 7.89. The maximum Gasteiger partial charge on any atom is 0.242 e. The molecular weight excluding hydrogens is 388 g/mol. The van der Waals surface area contributed by atoms with Gasteiger partial charge in [0.05, 0.1) is 10.6 Å². The van der Waals surface area contributed by atoms with Crippen LogP contribution in [0.5, 0.6) is 5.75 Å². The summed E-state index contributed by atoms with van der Waals surface area (Å²) < 4.78 is 57.4. The van der Waals surface area contributed by atoms with Crippen LogP contribution in [0.25, 0.3) is 0 Å². The number of nitrogens with one attached hydrogen (secondary N) is 1. The van der Waals surface area contributed by atoms with Crippen molar-refractivity contribution in [2.24, 2.45) is 0 Å². The minimum absolute atomic E-state index is 0.0865. The van der Waals surface area contributed by atoms with Crippen molar-refractivity contribution in [1.82, 2.24) is 9.03 Å². The number of hydrogen-bond donors (Lipinski definition) is 1. The van der Waals surface area contributed by atoms with Crippen LogP contribution in [0.4, 0.5) is 0 Å². The van der Waals surface area contributed by atoms with E-state index in [1.54, 1.807) is 12.1 Å². The van der Waals surface area contributed by atoms with Crippen molar-refractivity contribution in [3.05, 3.63) is 59.7 Å². The molecule has 0 amide bonds. The van der Waals surface area contributed by atoms with Gasteiger partial charge in [-0.05, 0) is 42.3 Å². The molecule has 0 aliphatic heterocycles. The first-order chi connectivity index (χ1) is 12.6. The van der Waals surface area contributed by atoms with Crippen LogP contribution in [0.15, 0.2) is 53.4 Å². The van der Waals surface area contributed by atoms with Crippen LogP contribution in [0.3, 0.4) is 0 Å². The van der Waals surface area contributed by atoms with E-state index in [0.29, 0.717) is 5.75 Å². The second kappa shape index (κ2) is 8.83. The SMILES string of the molecule is Cc1ccccc1CS(=O)(=O)NCCOc1ccc(S(=O)(=O)N(C)C)cc1. The van der Waals surface area contributed by atoms with E-state index in [2.05, 4.69) is 4.72 Å². The molecule has 0 saturated carbocycles. The number of hydrogen-bond acceptors (Lipinski definition) is 5. The third kappa shape index (κ3) is 6.03. The average molecular weight is 413 g/mol. The van der Waals surface area contributed by atoms with E-state index in [4.69, 9.17) is 4.74 Å². The second-order valence-electron chi connectivity index (χ2n) is 6.19. The van der Waals surface area contributed by atoms with Gasteiger partial charge < -0.3 is 4.74 Å². The van der Waals surface area contributed by atoms with Gasteiger partial charge in [-0.15, -0.1) is 0 Å². The summed E-state index contributed by atoms with van der Waals surface area (Å²) in [7, 11) is -4.03. The highest BCUT2D eigenvalue weighted by Crippen LogP contribution is 2.18. The first-order valence-electron chi connectivity index (χ1n) is 8.29. The summed E-state index contributed by atoms with van der Waals surface area (Å²) in [6.45, 7) is 2.12. The number of rotatable bonds is 9. The van der Waals surface area contributed by atoms with Crippen molar-refractivity contribution in [3.8, 4) is 5.75 Å². The summed E-state index contributed by atoms with van der Waals surface area (Å²) in [5.74, 6) is 0.377. The minimum Gasteiger partial charge on any atom is -0.492 e. The Morgan fingerprint density at radius 3 is 2.19 bits per heavy atom. The molecule has 9 heteroatoms. The van der Waals surface area contributed by atoms with E-state index in [0.717, 1.165) is 15.4 Å². The molecule has 1 N–H and O–H groups in total. The molecule has 0 atom stereocenters. The topological polar surface area (TPSA) is 92.8 Å². The predicted molar refractivity (Wildman–Crippen MR) is 105 cm³/mol. The van der Waals surface area contributed by atoms with Gasteiger partial charge in [0, 0.05) is 20.6 Å². The summed E-state index contributed by atoms with van der Waals surface area (Å²) in [6, 6.07) is 13.3. The zero-order valence-electron chi connectivity index (χ0n) is 15.5. The summed E-state index contributed by atoms with van der Waals surface area (Å²) >= 11 is 0. The Morgan fingerprint density at radius 1 is 0.963 bits per heavy atom. The number of nitrogens with zero attached hydrogens (tertiary/aromatic N) is 1. The standard InChI is InChI=1S/C18H24N2O5S2/c1-15-6-4-5-7-16(15)14-26(21,22)19-12-13-25-17-8-10-18(11-9-17)27(23,24)20(2)3/h4-11,19H,12-14H2,1-3H3. The van der Waals surface area contributed by atoms with Gasteiger partial charge in [-0.2, -0.15) is 0 Å². The lowest BCUT2D eigenvalue weighted by Crippen LogP contribution is -2.29. The van der Waals surface area contributed by atoms with Crippen molar-refractivity contribution in [2.75, 3.05) is 27.2 Å². The van der Waals surface area contributed by atoms with E-state index in [1.807, 2.05) is 19.1 Å². The maximum atomic E-state index is 12.1. The molecule has 0 aliphatic rings. The van der Waals surface area contributed by atoms with Crippen LogP contribution in [0, 0.1) is 6.92 Å². The lowest BCUT2D eigenvalue weighted by atomic mass is 10.1. The van der Waals surface area contributed by atoms with Crippen LogP contribution < -0.4 is 9.46 Å². The van der Waals surface area contributed by atoms with Crippen LogP contribution >= 0.6 is 0 Å². The number of benzene rings is 2. The quantitative estimate of drug-likeness (QED) is 0.634. The molecule has 0 saturated heterocycles. The summed E-state index contributed by atoms with van der Waals surface area (Å²) in [6.07, 6.45) is 0. The molecule has 2 rings (SSSR count). The molecule has 0 radical (unpaired) electrons. The largest absolute Gasteiger partial charge is 0.492 e. The Labute approximate surface area is 161 Å². The van der Waals surface area contributed by atoms with Crippen molar-refractivity contribution < 1.29 is 21.6 Å². The third-order valence-electron chi connectivity index (χ3n) is 3.90. The van der Waals surface area contributed by atoms with Crippen LogP contribution in [-0.4, -0.2) is 48.4 Å². The van der Waals surface area contributed by atoms with Crippen molar-refractivity contribution >= 4 is 20.0 Å². The first-order valence-corrected chi connectivity index (χ1v) is 11.4. The molecule has 7 nitrogen and oxygen atoms in total. The van der Waals surface area contributed by atoms with E-state index < -0.39 is 20.0 Å². The van der Waals surface area contributed by atoms with Crippen LogP contribution in [0.2, 0.25) is 0 Å². The van der Waals surface area contributed by atoms with Gasteiger partial charge in [-0.3, -0.25) is 0 Å². The minimum atomic E-state index is -3.49. The average Bonchev–Trinajstić information content (AvgIpc) is 2.61. The van der Waals surface area contributed by atoms with Gasteiger partial charge in [0.1, 0.15) is 12.4 Å². The van der Waals surface area contributed by atoms with E-state index in [9.17, 15) is 16.8 Å². The monoisotopic (exact) mass is 412 g/mol. The van der Waals surface area contributed by atoms with Crippen LogP contribution in [-0.2, 0) is 25.8 Å². The molecule has 0 fully saturated rings. The second-order valence-corrected chi connectivity index (χ2v) is 10.1. The highest BCUT2D eigenvalue weighted by Gasteiger charge is 2.17. The lowest BCUT2D eigenvalue weighted by Gasteiger charge is -2.12. The summed E-state index contributed by atoms with van der Waals surface area (Å²) in [4.78, 5) is 0.166. The zero-order valence-corrected chi connectivity index (χ0v) is 17.2. The third-order valence-corrected chi connectivity index (χ3v) is 7.07. The fourth-order valence-corrected chi connectivity index (χ4v) is 4.44. The lowest BCUT2D eigenvalue weighted by molar-refractivity contribution is 0.322. The smallest absolute Gasteiger partial charge is 0.242 e. The Bertz CT molecular complexity index is 969. The molecule has 2 aromatic carbocycles. The molecule has 148 valence electrons. The summed E-state index contributed by atoms with van der Waals surface area (Å²) in [5, 5.41) is 0. The van der Waals surface area contributed by atoms with Gasteiger partial charge in [-0.1, -0.05) is 24.3 Å². The van der Waals surface area contributed by atoms with Gasteiger partial charge in [0.15, 0.2) is 0 Å². The van der Waals surface area contributed by atoms with Gasteiger partial charge in [0.25, 0.3) is 0 Å². The predicted octanol–water partition coefficient (Wildman–Crippen LogP) is 1.74. The summed E-state index contributed by atoms with van der Waals surface area (Å²) in [5.41, 5.74) is 1.68. The van der Waals surface area contributed by atoms with Gasteiger partial charge in [0.2, 0.25) is 20.0 Å². The zero-order chi connectivity index (χ0) is 20.1. The Balaban J connectivity index is 1.85.